The molecule has 0 spiro atoms. The number of carbonyl (C=O) groups is 3. The van der Waals surface area contributed by atoms with Crippen molar-refractivity contribution >= 4 is 63.2 Å². The monoisotopic (exact) mass is 540 g/mol. The average molecular weight is 540 g/mol. The second-order valence-electron chi connectivity index (χ2n) is 6.07. The summed E-state index contributed by atoms with van der Waals surface area (Å²) in [4.78, 5) is 38.4. The molecule has 8 nitrogen and oxygen atoms in total. The van der Waals surface area contributed by atoms with Gasteiger partial charge in [-0.2, -0.15) is 0 Å². The number of phenolic OH excluding ortho intramolecular Hbond substituents is 1. The van der Waals surface area contributed by atoms with Crippen molar-refractivity contribution in [3.8, 4) is 17.2 Å². The minimum Gasteiger partial charge on any atom is -0.504 e. The number of anilines is 1. The third-order valence-electron chi connectivity index (χ3n) is 4.12. The Morgan fingerprint density at radius 3 is 2.60 bits per heavy atom. The predicted molar refractivity (Wildman–Crippen MR) is 122 cm³/mol. The molecule has 1 aliphatic heterocycles. The highest BCUT2D eigenvalue weighted by atomic mass is 127. The van der Waals surface area contributed by atoms with E-state index in [1.54, 1.807) is 36.4 Å². The van der Waals surface area contributed by atoms with Crippen LogP contribution in [0, 0.1) is 3.57 Å². The largest absolute Gasteiger partial charge is 0.504 e. The summed E-state index contributed by atoms with van der Waals surface area (Å²) in [6, 6.07) is 10.0. The first-order chi connectivity index (χ1) is 14.3. The van der Waals surface area contributed by atoms with E-state index in [9.17, 15) is 19.5 Å². The van der Waals surface area contributed by atoms with Gasteiger partial charge >= 0.3 is 0 Å². The molecular weight excluding hydrogens is 523 g/mol. The van der Waals surface area contributed by atoms with Crippen molar-refractivity contribution in [2.45, 2.75) is 0 Å². The number of hydrogen-bond acceptors (Lipinski definition) is 7. The van der Waals surface area contributed by atoms with Crippen LogP contribution in [0.2, 0.25) is 0 Å². The number of halogens is 1. The topological polar surface area (TPSA) is 105 Å². The number of aromatic hydroxyl groups is 1. The lowest BCUT2D eigenvalue weighted by molar-refractivity contribution is -0.127. The number of carbonyl (C=O) groups excluding carboxylic acids is 3. The molecule has 10 heteroatoms. The molecule has 3 rings (SSSR count). The number of phenols is 1. The zero-order valence-corrected chi connectivity index (χ0v) is 18.9. The number of ether oxygens (including phenoxy) is 2. The number of amides is 3. The number of thioether (sulfide) groups is 1. The molecule has 156 valence electrons. The van der Waals surface area contributed by atoms with E-state index in [0.29, 0.717) is 20.6 Å². The maximum Gasteiger partial charge on any atom is 0.294 e. The van der Waals surface area contributed by atoms with Crippen LogP contribution in [-0.2, 0) is 9.59 Å². The van der Waals surface area contributed by atoms with Crippen LogP contribution in [0.15, 0.2) is 41.3 Å². The van der Waals surface area contributed by atoms with Gasteiger partial charge in [-0.25, -0.2) is 0 Å². The highest BCUT2D eigenvalue weighted by Gasteiger charge is 2.36. The Morgan fingerprint density at radius 1 is 1.20 bits per heavy atom. The van der Waals surface area contributed by atoms with Crippen LogP contribution in [0.3, 0.4) is 0 Å². The standard InChI is InChI=1S/C20H17IN2O6S/c1-28-14-6-4-3-5-13(14)22-17(24)10-23-19(26)16(30-20(23)27)9-11-7-12(21)18(25)15(8-11)29-2/h3-9,25H,10H2,1-2H3,(H,22,24)/b16-9+. The molecule has 2 aromatic carbocycles. The summed E-state index contributed by atoms with van der Waals surface area (Å²) in [5.74, 6) is -0.373. The van der Waals surface area contributed by atoms with Gasteiger partial charge in [-0.15, -0.1) is 0 Å². The zero-order valence-electron chi connectivity index (χ0n) is 16.0. The van der Waals surface area contributed by atoms with Gasteiger partial charge in [0.25, 0.3) is 11.1 Å². The van der Waals surface area contributed by atoms with E-state index in [1.807, 2.05) is 22.6 Å². The second kappa shape index (κ2) is 9.39. The van der Waals surface area contributed by atoms with Crippen LogP contribution in [0.25, 0.3) is 6.08 Å². The number of imide groups is 1. The van der Waals surface area contributed by atoms with Gasteiger partial charge in [-0.05, 0) is 70.3 Å². The molecule has 0 aromatic heterocycles. The van der Waals surface area contributed by atoms with Crippen molar-refractivity contribution in [3.63, 3.8) is 0 Å². The quantitative estimate of drug-likeness (QED) is 0.426. The normalized spacial score (nSPS) is 14.9. The van der Waals surface area contributed by atoms with Gasteiger partial charge in [-0.3, -0.25) is 19.3 Å². The summed E-state index contributed by atoms with van der Waals surface area (Å²) >= 11 is 2.68. The van der Waals surface area contributed by atoms with E-state index in [-0.39, 0.29) is 16.4 Å². The van der Waals surface area contributed by atoms with Gasteiger partial charge in [0.1, 0.15) is 12.3 Å². The summed E-state index contributed by atoms with van der Waals surface area (Å²) in [5.41, 5.74) is 1.02. The SMILES string of the molecule is COc1ccccc1NC(=O)CN1C(=O)S/C(=C/c2cc(I)c(O)c(OC)c2)C1=O. The molecule has 1 aliphatic rings. The number of hydrogen-bond donors (Lipinski definition) is 2. The summed E-state index contributed by atoms with van der Waals surface area (Å²) in [6.45, 7) is -0.420. The van der Waals surface area contributed by atoms with Crippen LogP contribution >= 0.6 is 34.4 Å². The summed E-state index contributed by atoms with van der Waals surface area (Å²) in [5, 5.41) is 12.0. The Balaban J connectivity index is 1.75. The molecule has 30 heavy (non-hydrogen) atoms. The molecule has 1 fully saturated rings. The summed E-state index contributed by atoms with van der Waals surface area (Å²) < 4.78 is 10.8. The molecule has 0 radical (unpaired) electrons. The minimum atomic E-state index is -0.567. The molecule has 0 aliphatic carbocycles. The van der Waals surface area contributed by atoms with Crippen LogP contribution in [0.5, 0.6) is 17.2 Å². The van der Waals surface area contributed by atoms with Gasteiger partial charge in [0.05, 0.1) is 28.4 Å². The second-order valence-corrected chi connectivity index (χ2v) is 8.23. The first-order valence-corrected chi connectivity index (χ1v) is 10.5. The fourth-order valence-electron chi connectivity index (χ4n) is 2.70. The lowest BCUT2D eigenvalue weighted by Crippen LogP contribution is -2.36. The molecule has 0 unspecified atom stereocenters. The number of para-hydroxylation sites is 2. The van der Waals surface area contributed by atoms with Gasteiger partial charge in [0, 0.05) is 0 Å². The van der Waals surface area contributed by atoms with E-state index >= 15 is 0 Å². The molecular formula is C20H17IN2O6S. The van der Waals surface area contributed by atoms with Crippen molar-refractivity contribution in [1.29, 1.82) is 0 Å². The lowest BCUT2D eigenvalue weighted by Gasteiger charge is -2.14. The fourth-order valence-corrected chi connectivity index (χ4v) is 4.17. The molecule has 1 saturated heterocycles. The Morgan fingerprint density at radius 2 is 1.90 bits per heavy atom. The number of nitrogens with zero attached hydrogens (tertiary/aromatic N) is 1. The van der Waals surface area contributed by atoms with Crippen LogP contribution in [0.4, 0.5) is 10.5 Å². The lowest BCUT2D eigenvalue weighted by atomic mass is 10.2. The van der Waals surface area contributed by atoms with Gasteiger partial charge in [0.15, 0.2) is 11.5 Å². The average Bonchev–Trinajstić information content (AvgIpc) is 2.98. The number of nitrogens with one attached hydrogen (secondary N) is 1. The Kier molecular flexibility index (Phi) is 6.87. The van der Waals surface area contributed by atoms with Crippen molar-refractivity contribution in [1.82, 2.24) is 4.90 Å². The van der Waals surface area contributed by atoms with Gasteiger partial charge in [-0.1, -0.05) is 12.1 Å². The van der Waals surface area contributed by atoms with Crippen molar-refractivity contribution < 1.29 is 29.0 Å². The minimum absolute atomic E-state index is 0.00337. The maximum atomic E-state index is 12.7. The fraction of sp³-hybridized carbons (Fsp3) is 0.150. The number of methoxy groups -OCH3 is 2. The van der Waals surface area contributed by atoms with Crippen LogP contribution in [0.1, 0.15) is 5.56 Å². The predicted octanol–water partition coefficient (Wildman–Crippen LogP) is 3.69. The Hall–Kier alpha value is -2.73. The summed E-state index contributed by atoms with van der Waals surface area (Å²) in [6.07, 6.45) is 1.52. The van der Waals surface area contributed by atoms with E-state index in [1.165, 1.54) is 20.3 Å². The number of rotatable bonds is 6. The molecule has 1 heterocycles. The first kappa shape index (κ1) is 22.0. The van der Waals surface area contributed by atoms with E-state index in [4.69, 9.17) is 9.47 Å². The molecule has 2 aromatic rings. The van der Waals surface area contributed by atoms with Crippen molar-refractivity contribution in [2.24, 2.45) is 0 Å². The third kappa shape index (κ3) is 4.70. The molecule has 0 saturated carbocycles. The molecule has 0 atom stereocenters. The van der Waals surface area contributed by atoms with Gasteiger partial charge in [0.2, 0.25) is 5.91 Å². The first-order valence-electron chi connectivity index (χ1n) is 8.58. The van der Waals surface area contributed by atoms with E-state index in [2.05, 4.69) is 5.32 Å². The number of benzene rings is 2. The van der Waals surface area contributed by atoms with Crippen LogP contribution < -0.4 is 14.8 Å². The Bertz CT molecular complexity index is 1060. The Labute approximate surface area is 190 Å². The van der Waals surface area contributed by atoms with E-state index in [0.717, 1.165) is 16.7 Å². The van der Waals surface area contributed by atoms with Crippen LogP contribution in [-0.4, -0.2) is 47.8 Å². The van der Waals surface area contributed by atoms with Crippen molar-refractivity contribution in [3.05, 3.63) is 50.4 Å². The maximum absolute atomic E-state index is 12.7. The summed E-state index contributed by atoms with van der Waals surface area (Å²) in [7, 11) is 2.90. The van der Waals surface area contributed by atoms with Gasteiger partial charge < -0.3 is 19.9 Å². The van der Waals surface area contributed by atoms with Crippen molar-refractivity contribution in [2.75, 3.05) is 26.1 Å². The zero-order chi connectivity index (χ0) is 21.8. The highest BCUT2D eigenvalue weighted by molar-refractivity contribution is 14.1. The highest BCUT2D eigenvalue weighted by Crippen LogP contribution is 2.36. The molecule has 3 amide bonds. The third-order valence-corrected chi connectivity index (χ3v) is 5.85. The molecule has 2 N–H and O–H groups in total. The smallest absolute Gasteiger partial charge is 0.294 e. The van der Waals surface area contributed by atoms with E-state index < -0.39 is 23.6 Å². The molecule has 0 bridgehead atoms.